The summed E-state index contributed by atoms with van der Waals surface area (Å²) >= 11 is 0. The van der Waals surface area contributed by atoms with E-state index in [0.717, 1.165) is 5.56 Å². The highest BCUT2D eigenvalue weighted by atomic mass is 16.5. The number of carbonyl (C=O) groups excluding carboxylic acids is 1. The van der Waals surface area contributed by atoms with Gasteiger partial charge < -0.3 is 10.1 Å². The zero-order chi connectivity index (χ0) is 16.7. The van der Waals surface area contributed by atoms with E-state index in [2.05, 4.69) is 19.2 Å². The molecular weight excluding hydrogens is 288 g/mol. The zero-order valence-electron chi connectivity index (χ0n) is 13.3. The molecule has 0 aromatic heterocycles. The number of rotatable bonds is 6. The molecule has 1 amide bonds. The van der Waals surface area contributed by atoms with E-state index in [0.29, 0.717) is 11.3 Å². The van der Waals surface area contributed by atoms with Crippen molar-refractivity contribution in [1.29, 1.82) is 5.26 Å². The molecule has 0 spiro atoms. The minimum Gasteiger partial charge on any atom is -0.484 e. The lowest BCUT2D eigenvalue weighted by Crippen LogP contribution is -2.35. The standard InChI is InChI=1S/C19H20N2O2/c1-14(2)19(16-6-4-3-5-7-16)21-18(22)13-23-17-10-8-15(12-20)9-11-17/h3-11,14,19H,13H2,1-2H3,(H,21,22). The molecule has 0 heterocycles. The predicted octanol–water partition coefficient (Wildman–Crippen LogP) is 3.45. The first-order valence-electron chi connectivity index (χ1n) is 7.57. The Balaban J connectivity index is 1.93. The molecule has 23 heavy (non-hydrogen) atoms. The van der Waals surface area contributed by atoms with Gasteiger partial charge >= 0.3 is 0 Å². The minimum absolute atomic E-state index is 0.0479. The highest BCUT2D eigenvalue weighted by molar-refractivity contribution is 5.78. The summed E-state index contributed by atoms with van der Waals surface area (Å²) in [6.45, 7) is 4.08. The van der Waals surface area contributed by atoms with Crippen LogP contribution in [0.25, 0.3) is 0 Å². The van der Waals surface area contributed by atoms with Crippen LogP contribution in [-0.2, 0) is 4.79 Å². The molecule has 1 atom stereocenters. The van der Waals surface area contributed by atoms with Crippen LogP contribution < -0.4 is 10.1 Å². The Labute approximate surface area is 136 Å². The highest BCUT2D eigenvalue weighted by Gasteiger charge is 2.18. The van der Waals surface area contributed by atoms with Crippen molar-refractivity contribution < 1.29 is 9.53 Å². The molecule has 118 valence electrons. The van der Waals surface area contributed by atoms with Gasteiger partial charge in [-0.05, 0) is 35.7 Å². The van der Waals surface area contributed by atoms with Crippen molar-refractivity contribution in [3.8, 4) is 11.8 Å². The lowest BCUT2D eigenvalue weighted by Gasteiger charge is -2.23. The summed E-state index contributed by atoms with van der Waals surface area (Å²) in [5, 5.41) is 11.8. The Bertz CT molecular complexity index is 673. The summed E-state index contributed by atoms with van der Waals surface area (Å²) in [6, 6.07) is 18.6. The van der Waals surface area contributed by atoms with Gasteiger partial charge in [-0.3, -0.25) is 4.79 Å². The van der Waals surface area contributed by atoms with Crippen LogP contribution >= 0.6 is 0 Å². The van der Waals surface area contributed by atoms with Gasteiger partial charge in [0.25, 0.3) is 5.91 Å². The average molecular weight is 308 g/mol. The second kappa shape index (κ2) is 8.00. The molecule has 0 aliphatic rings. The number of carbonyl (C=O) groups is 1. The molecule has 0 radical (unpaired) electrons. The molecule has 2 aromatic carbocycles. The Hall–Kier alpha value is -2.80. The molecule has 4 nitrogen and oxygen atoms in total. The number of nitriles is 1. The summed E-state index contributed by atoms with van der Waals surface area (Å²) in [7, 11) is 0. The first kappa shape index (κ1) is 16.6. The first-order valence-corrected chi connectivity index (χ1v) is 7.57. The van der Waals surface area contributed by atoms with Crippen LogP contribution in [0.1, 0.15) is 31.0 Å². The van der Waals surface area contributed by atoms with Gasteiger partial charge in [0.15, 0.2) is 6.61 Å². The molecular formula is C19H20N2O2. The van der Waals surface area contributed by atoms with Crippen LogP contribution in [0.15, 0.2) is 54.6 Å². The van der Waals surface area contributed by atoms with Crippen molar-refractivity contribution in [2.24, 2.45) is 5.92 Å². The molecule has 4 heteroatoms. The first-order chi connectivity index (χ1) is 11.1. The fourth-order valence-corrected chi connectivity index (χ4v) is 2.28. The summed E-state index contributed by atoms with van der Waals surface area (Å²) < 4.78 is 5.46. The van der Waals surface area contributed by atoms with E-state index in [1.165, 1.54) is 0 Å². The van der Waals surface area contributed by atoms with Crippen molar-refractivity contribution in [2.45, 2.75) is 19.9 Å². The topological polar surface area (TPSA) is 62.1 Å². The fourth-order valence-electron chi connectivity index (χ4n) is 2.28. The molecule has 1 N–H and O–H groups in total. The molecule has 0 saturated heterocycles. The molecule has 2 aromatic rings. The maximum absolute atomic E-state index is 12.1. The van der Waals surface area contributed by atoms with Gasteiger partial charge in [0.1, 0.15) is 5.75 Å². The molecule has 0 bridgehead atoms. The van der Waals surface area contributed by atoms with Crippen molar-refractivity contribution in [3.63, 3.8) is 0 Å². The van der Waals surface area contributed by atoms with Gasteiger partial charge in [0, 0.05) is 0 Å². The lowest BCUT2D eigenvalue weighted by molar-refractivity contribution is -0.124. The van der Waals surface area contributed by atoms with Crippen LogP contribution in [0, 0.1) is 17.2 Å². The second-order valence-corrected chi connectivity index (χ2v) is 5.62. The van der Waals surface area contributed by atoms with Crippen LogP contribution in [-0.4, -0.2) is 12.5 Å². The van der Waals surface area contributed by atoms with Gasteiger partial charge in [-0.15, -0.1) is 0 Å². The van der Waals surface area contributed by atoms with Gasteiger partial charge in [-0.25, -0.2) is 0 Å². The quantitative estimate of drug-likeness (QED) is 0.889. The number of hydrogen-bond acceptors (Lipinski definition) is 3. The summed E-state index contributed by atoms with van der Waals surface area (Å²) in [6.07, 6.45) is 0. The minimum atomic E-state index is -0.170. The molecule has 0 saturated carbocycles. The van der Waals surface area contributed by atoms with Crippen LogP contribution in [0.4, 0.5) is 0 Å². The number of amides is 1. The average Bonchev–Trinajstić information content (AvgIpc) is 2.58. The lowest BCUT2D eigenvalue weighted by atomic mass is 9.96. The second-order valence-electron chi connectivity index (χ2n) is 5.62. The number of ether oxygens (including phenoxy) is 1. The summed E-state index contributed by atoms with van der Waals surface area (Å²) in [5.74, 6) is 0.674. The third-order valence-electron chi connectivity index (χ3n) is 3.50. The van der Waals surface area contributed by atoms with Gasteiger partial charge in [-0.2, -0.15) is 5.26 Å². The molecule has 2 rings (SSSR count). The number of nitrogens with one attached hydrogen (secondary N) is 1. The van der Waals surface area contributed by atoms with E-state index in [1.54, 1.807) is 24.3 Å². The number of hydrogen-bond donors (Lipinski definition) is 1. The van der Waals surface area contributed by atoms with E-state index < -0.39 is 0 Å². The van der Waals surface area contributed by atoms with Crippen molar-refractivity contribution in [3.05, 3.63) is 65.7 Å². The Morgan fingerprint density at radius 1 is 1.13 bits per heavy atom. The summed E-state index contributed by atoms with van der Waals surface area (Å²) in [5.41, 5.74) is 1.64. The van der Waals surface area contributed by atoms with Gasteiger partial charge in [0.2, 0.25) is 0 Å². The smallest absolute Gasteiger partial charge is 0.258 e. The van der Waals surface area contributed by atoms with Crippen LogP contribution in [0.3, 0.4) is 0 Å². The molecule has 0 aliphatic carbocycles. The van der Waals surface area contributed by atoms with Crippen molar-refractivity contribution in [1.82, 2.24) is 5.32 Å². The largest absolute Gasteiger partial charge is 0.484 e. The molecule has 1 unspecified atom stereocenters. The van der Waals surface area contributed by atoms with Crippen molar-refractivity contribution >= 4 is 5.91 Å². The van der Waals surface area contributed by atoms with E-state index >= 15 is 0 Å². The fraction of sp³-hybridized carbons (Fsp3) is 0.263. The van der Waals surface area contributed by atoms with E-state index in [1.807, 2.05) is 36.4 Å². The van der Waals surface area contributed by atoms with E-state index in [9.17, 15) is 4.79 Å². The van der Waals surface area contributed by atoms with Crippen molar-refractivity contribution in [2.75, 3.05) is 6.61 Å². The number of benzene rings is 2. The molecule has 0 aliphatic heterocycles. The summed E-state index contributed by atoms with van der Waals surface area (Å²) in [4.78, 5) is 12.1. The van der Waals surface area contributed by atoms with E-state index in [-0.39, 0.29) is 24.5 Å². The monoisotopic (exact) mass is 308 g/mol. The molecule has 0 fully saturated rings. The highest BCUT2D eigenvalue weighted by Crippen LogP contribution is 2.21. The third-order valence-corrected chi connectivity index (χ3v) is 3.50. The van der Waals surface area contributed by atoms with E-state index in [4.69, 9.17) is 10.00 Å². The van der Waals surface area contributed by atoms with Gasteiger partial charge in [0.05, 0.1) is 17.7 Å². The Morgan fingerprint density at radius 2 is 1.78 bits per heavy atom. The van der Waals surface area contributed by atoms with Crippen LogP contribution in [0.5, 0.6) is 5.75 Å². The Kier molecular flexibility index (Phi) is 5.76. The predicted molar refractivity (Wildman–Crippen MR) is 88.8 cm³/mol. The maximum Gasteiger partial charge on any atom is 0.258 e. The van der Waals surface area contributed by atoms with Gasteiger partial charge in [-0.1, -0.05) is 44.2 Å². The third kappa shape index (κ3) is 4.86. The maximum atomic E-state index is 12.1. The van der Waals surface area contributed by atoms with Crippen LogP contribution in [0.2, 0.25) is 0 Å². The number of nitrogens with zero attached hydrogens (tertiary/aromatic N) is 1. The Morgan fingerprint density at radius 3 is 2.35 bits per heavy atom. The normalized spacial score (nSPS) is 11.6. The SMILES string of the molecule is CC(C)C(NC(=O)COc1ccc(C#N)cc1)c1ccccc1. The zero-order valence-corrected chi connectivity index (χ0v) is 13.3.